The van der Waals surface area contributed by atoms with Gasteiger partial charge in [-0.3, -0.25) is 0 Å². The SMILES string of the molecule is Nc1cc(SC2CC2)c(Cl)cc1F. The lowest BCUT2D eigenvalue weighted by molar-refractivity contribution is 0.631. The summed E-state index contributed by atoms with van der Waals surface area (Å²) in [7, 11) is 0. The molecule has 1 aliphatic carbocycles. The van der Waals surface area contributed by atoms with E-state index in [-0.39, 0.29) is 5.69 Å². The fraction of sp³-hybridized carbons (Fsp3) is 0.333. The maximum absolute atomic E-state index is 12.9. The molecule has 0 spiro atoms. The molecule has 0 heterocycles. The summed E-state index contributed by atoms with van der Waals surface area (Å²) >= 11 is 7.54. The van der Waals surface area contributed by atoms with E-state index in [9.17, 15) is 4.39 Å². The second kappa shape index (κ2) is 3.39. The Kier molecular flexibility index (Phi) is 2.39. The quantitative estimate of drug-likeness (QED) is 0.770. The number of nitrogens with two attached hydrogens (primary N) is 1. The zero-order valence-electron chi connectivity index (χ0n) is 6.89. The van der Waals surface area contributed by atoms with Gasteiger partial charge >= 0.3 is 0 Å². The lowest BCUT2D eigenvalue weighted by Crippen LogP contribution is -1.91. The van der Waals surface area contributed by atoms with Crippen LogP contribution in [0.1, 0.15) is 12.8 Å². The molecule has 1 aliphatic rings. The van der Waals surface area contributed by atoms with Gasteiger partial charge in [0.1, 0.15) is 5.82 Å². The van der Waals surface area contributed by atoms with Crippen molar-refractivity contribution < 1.29 is 4.39 Å². The lowest BCUT2D eigenvalue weighted by Gasteiger charge is -2.04. The molecule has 1 fully saturated rings. The zero-order valence-corrected chi connectivity index (χ0v) is 8.46. The first-order valence-corrected chi connectivity index (χ1v) is 5.34. The van der Waals surface area contributed by atoms with Crippen LogP contribution < -0.4 is 5.73 Å². The van der Waals surface area contributed by atoms with Gasteiger partial charge in [0.25, 0.3) is 0 Å². The van der Waals surface area contributed by atoms with Crippen molar-refractivity contribution >= 4 is 29.1 Å². The van der Waals surface area contributed by atoms with Gasteiger partial charge in [-0.15, -0.1) is 11.8 Å². The van der Waals surface area contributed by atoms with Gasteiger partial charge < -0.3 is 5.73 Å². The molecule has 0 aliphatic heterocycles. The second-order valence-corrected chi connectivity index (χ2v) is 4.87. The topological polar surface area (TPSA) is 26.0 Å². The molecule has 0 amide bonds. The summed E-state index contributed by atoms with van der Waals surface area (Å²) in [5.41, 5.74) is 5.61. The van der Waals surface area contributed by atoms with Crippen LogP contribution in [-0.2, 0) is 0 Å². The minimum atomic E-state index is -0.440. The smallest absolute Gasteiger partial charge is 0.147 e. The standard InChI is InChI=1S/C9H9ClFNS/c10-6-3-7(11)8(12)4-9(6)13-5-1-2-5/h3-5H,1-2,12H2. The molecule has 70 valence electrons. The van der Waals surface area contributed by atoms with Gasteiger partial charge in [-0.1, -0.05) is 11.6 Å². The van der Waals surface area contributed by atoms with E-state index in [0.29, 0.717) is 10.3 Å². The summed E-state index contributed by atoms with van der Waals surface area (Å²) < 4.78 is 12.9. The van der Waals surface area contributed by atoms with E-state index in [4.69, 9.17) is 17.3 Å². The molecule has 0 aromatic heterocycles. The Morgan fingerprint density at radius 3 is 2.77 bits per heavy atom. The normalized spacial score (nSPS) is 16.2. The predicted molar refractivity (Wildman–Crippen MR) is 54.7 cm³/mol. The minimum Gasteiger partial charge on any atom is -0.396 e. The van der Waals surface area contributed by atoms with E-state index in [0.717, 1.165) is 4.90 Å². The van der Waals surface area contributed by atoms with Crippen molar-refractivity contribution in [3.05, 3.63) is 23.0 Å². The maximum Gasteiger partial charge on any atom is 0.147 e. The third-order valence-corrected chi connectivity index (χ3v) is 3.69. The molecule has 1 aromatic carbocycles. The molecule has 0 saturated heterocycles. The average Bonchev–Trinajstić information content (AvgIpc) is 2.84. The number of benzene rings is 1. The highest BCUT2D eigenvalue weighted by molar-refractivity contribution is 8.00. The minimum absolute atomic E-state index is 0.174. The third kappa shape index (κ3) is 2.09. The fourth-order valence-electron chi connectivity index (χ4n) is 1.00. The summed E-state index contributed by atoms with van der Waals surface area (Å²) in [6, 6.07) is 2.89. The maximum atomic E-state index is 12.9. The van der Waals surface area contributed by atoms with Gasteiger partial charge in [0, 0.05) is 10.1 Å². The average molecular weight is 218 g/mol. The number of hydrogen-bond donors (Lipinski definition) is 1. The molecule has 1 nitrogen and oxygen atoms in total. The van der Waals surface area contributed by atoms with Crippen molar-refractivity contribution in [3.8, 4) is 0 Å². The Bertz CT molecular complexity index is 339. The summed E-state index contributed by atoms with van der Waals surface area (Å²) in [5.74, 6) is -0.440. The first kappa shape index (κ1) is 9.16. The predicted octanol–water partition coefficient (Wildman–Crippen LogP) is 3.32. The van der Waals surface area contributed by atoms with Crippen LogP contribution in [0.4, 0.5) is 10.1 Å². The zero-order chi connectivity index (χ0) is 9.42. The third-order valence-electron chi connectivity index (χ3n) is 1.87. The van der Waals surface area contributed by atoms with Crippen LogP contribution in [0.25, 0.3) is 0 Å². The fourth-order valence-corrected chi connectivity index (χ4v) is 2.38. The van der Waals surface area contributed by atoms with Crippen molar-refractivity contribution in [2.45, 2.75) is 23.0 Å². The molecule has 1 aromatic rings. The summed E-state index contributed by atoms with van der Waals surface area (Å²) in [4.78, 5) is 0.892. The Labute approximate surface area is 85.5 Å². The van der Waals surface area contributed by atoms with Crippen LogP contribution in [0.3, 0.4) is 0 Å². The molecule has 1 saturated carbocycles. The van der Waals surface area contributed by atoms with E-state index >= 15 is 0 Å². The molecule has 0 radical (unpaired) electrons. The number of nitrogen functional groups attached to an aromatic ring is 1. The van der Waals surface area contributed by atoms with E-state index in [2.05, 4.69) is 0 Å². The van der Waals surface area contributed by atoms with Crippen LogP contribution in [0, 0.1) is 5.82 Å². The van der Waals surface area contributed by atoms with Crippen LogP contribution in [0.15, 0.2) is 17.0 Å². The Morgan fingerprint density at radius 2 is 2.15 bits per heavy atom. The van der Waals surface area contributed by atoms with Crippen LogP contribution in [0.5, 0.6) is 0 Å². The summed E-state index contributed by atoms with van der Waals surface area (Å²) in [5, 5.41) is 1.12. The van der Waals surface area contributed by atoms with E-state index in [1.54, 1.807) is 17.8 Å². The Balaban J connectivity index is 2.27. The number of hydrogen-bond acceptors (Lipinski definition) is 2. The van der Waals surface area contributed by atoms with Gasteiger partial charge in [-0.2, -0.15) is 0 Å². The van der Waals surface area contributed by atoms with Crippen molar-refractivity contribution in [2.24, 2.45) is 0 Å². The summed E-state index contributed by atoms with van der Waals surface area (Å²) in [6.07, 6.45) is 2.44. The number of anilines is 1. The molecular formula is C9H9ClFNS. The van der Waals surface area contributed by atoms with Gasteiger partial charge in [0.2, 0.25) is 0 Å². The molecule has 13 heavy (non-hydrogen) atoms. The van der Waals surface area contributed by atoms with Crippen LogP contribution in [-0.4, -0.2) is 5.25 Å². The Morgan fingerprint density at radius 1 is 1.46 bits per heavy atom. The molecule has 4 heteroatoms. The molecule has 0 unspecified atom stereocenters. The monoisotopic (exact) mass is 217 g/mol. The molecule has 2 N–H and O–H groups in total. The van der Waals surface area contributed by atoms with Gasteiger partial charge in [0.15, 0.2) is 0 Å². The lowest BCUT2D eigenvalue weighted by atomic mass is 10.3. The second-order valence-electron chi connectivity index (χ2n) is 3.12. The van der Waals surface area contributed by atoms with E-state index in [1.807, 2.05) is 0 Å². The molecule has 2 rings (SSSR count). The number of thioether (sulfide) groups is 1. The summed E-state index contributed by atoms with van der Waals surface area (Å²) in [6.45, 7) is 0. The highest BCUT2D eigenvalue weighted by atomic mass is 35.5. The highest BCUT2D eigenvalue weighted by Crippen LogP contribution is 2.42. The largest absolute Gasteiger partial charge is 0.396 e. The van der Waals surface area contributed by atoms with Crippen molar-refractivity contribution in [1.82, 2.24) is 0 Å². The highest BCUT2D eigenvalue weighted by Gasteiger charge is 2.23. The van der Waals surface area contributed by atoms with Crippen molar-refractivity contribution in [3.63, 3.8) is 0 Å². The number of halogens is 2. The van der Waals surface area contributed by atoms with E-state index < -0.39 is 5.82 Å². The van der Waals surface area contributed by atoms with Crippen molar-refractivity contribution in [2.75, 3.05) is 5.73 Å². The first-order chi connectivity index (χ1) is 6.16. The number of rotatable bonds is 2. The van der Waals surface area contributed by atoms with Gasteiger partial charge in [-0.25, -0.2) is 4.39 Å². The molecule has 0 atom stereocenters. The molecule has 0 bridgehead atoms. The van der Waals surface area contributed by atoms with Crippen LogP contribution in [0.2, 0.25) is 5.02 Å². The van der Waals surface area contributed by atoms with E-state index in [1.165, 1.54) is 18.9 Å². The van der Waals surface area contributed by atoms with Crippen molar-refractivity contribution in [1.29, 1.82) is 0 Å². The van der Waals surface area contributed by atoms with Crippen LogP contribution >= 0.6 is 23.4 Å². The first-order valence-electron chi connectivity index (χ1n) is 4.08. The Hall–Kier alpha value is -0.410. The molecular weight excluding hydrogens is 209 g/mol. The van der Waals surface area contributed by atoms with Gasteiger partial charge in [0.05, 0.1) is 10.7 Å². The van der Waals surface area contributed by atoms with Gasteiger partial charge in [-0.05, 0) is 25.0 Å².